The molecule has 2 rings (SSSR count). The Bertz CT molecular complexity index is 451. The molecule has 0 saturated carbocycles. The molecule has 2 aromatic rings. The van der Waals surface area contributed by atoms with Gasteiger partial charge < -0.3 is 5.11 Å². The summed E-state index contributed by atoms with van der Waals surface area (Å²) in [6.07, 6.45) is 0.0512. The van der Waals surface area contributed by atoms with Gasteiger partial charge in [-0.1, -0.05) is 28.8 Å². The minimum atomic E-state index is -0.821. The van der Waals surface area contributed by atoms with Gasteiger partial charge in [0, 0.05) is 10.9 Å². The van der Waals surface area contributed by atoms with Crippen LogP contribution in [0.5, 0.6) is 0 Å². The van der Waals surface area contributed by atoms with Crippen LogP contribution in [-0.4, -0.2) is 20.7 Å². The molecule has 4 nitrogen and oxygen atoms in total. The lowest BCUT2D eigenvalue weighted by atomic mass is 10.1. The standard InChI is InChI=1S/C10H8N2O2S/c13-10(14)5-7-1-3-8(4-2-7)9-6-15-12-11-9/h1-4,6H,5H2,(H,13,14). The summed E-state index contributed by atoms with van der Waals surface area (Å²) in [4.78, 5) is 10.5. The Balaban J connectivity index is 2.21. The van der Waals surface area contributed by atoms with Gasteiger partial charge in [0.2, 0.25) is 0 Å². The normalized spacial score (nSPS) is 10.1. The molecule has 0 radical (unpaired) electrons. The molecule has 0 unspecified atom stereocenters. The average Bonchev–Trinajstić information content (AvgIpc) is 2.71. The van der Waals surface area contributed by atoms with Crippen molar-refractivity contribution in [2.24, 2.45) is 0 Å². The van der Waals surface area contributed by atoms with Crippen LogP contribution >= 0.6 is 11.5 Å². The zero-order chi connectivity index (χ0) is 10.7. The van der Waals surface area contributed by atoms with Crippen LogP contribution in [0.2, 0.25) is 0 Å². The lowest BCUT2D eigenvalue weighted by molar-refractivity contribution is -0.136. The maximum atomic E-state index is 10.5. The summed E-state index contributed by atoms with van der Waals surface area (Å²) in [7, 11) is 0. The molecule has 0 atom stereocenters. The van der Waals surface area contributed by atoms with Crippen LogP contribution in [0.1, 0.15) is 5.56 Å². The topological polar surface area (TPSA) is 63.1 Å². The lowest BCUT2D eigenvalue weighted by Gasteiger charge is -1.98. The molecule has 0 saturated heterocycles. The first-order chi connectivity index (χ1) is 7.25. The zero-order valence-corrected chi connectivity index (χ0v) is 8.57. The first-order valence-corrected chi connectivity index (χ1v) is 5.17. The van der Waals surface area contributed by atoms with E-state index >= 15 is 0 Å². The molecule has 5 heteroatoms. The summed E-state index contributed by atoms with van der Waals surface area (Å²) in [6, 6.07) is 7.30. The van der Waals surface area contributed by atoms with Crippen molar-refractivity contribution in [2.45, 2.75) is 6.42 Å². The van der Waals surface area contributed by atoms with E-state index in [1.165, 1.54) is 11.5 Å². The number of nitrogens with zero attached hydrogens (tertiary/aromatic N) is 2. The number of hydrogen-bond donors (Lipinski definition) is 1. The van der Waals surface area contributed by atoms with Crippen molar-refractivity contribution in [3.05, 3.63) is 35.2 Å². The van der Waals surface area contributed by atoms with Gasteiger partial charge in [0.05, 0.1) is 6.42 Å². The molecule has 0 aliphatic carbocycles. The fourth-order valence-electron chi connectivity index (χ4n) is 1.26. The summed E-state index contributed by atoms with van der Waals surface area (Å²) >= 11 is 1.29. The van der Waals surface area contributed by atoms with Gasteiger partial charge in [-0.25, -0.2) is 0 Å². The second-order valence-corrected chi connectivity index (χ2v) is 3.67. The zero-order valence-electron chi connectivity index (χ0n) is 7.75. The van der Waals surface area contributed by atoms with E-state index in [9.17, 15) is 4.79 Å². The highest BCUT2D eigenvalue weighted by molar-refractivity contribution is 7.03. The molecule has 1 aromatic heterocycles. The highest BCUT2D eigenvalue weighted by Crippen LogP contribution is 2.18. The Morgan fingerprint density at radius 1 is 1.33 bits per heavy atom. The molecule has 76 valence electrons. The predicted molar refractivity (Wildman–Crippen MR) is 56.7 cm³/mol. The van der Waals surface area contributed by atoms with Gasteiger partial charge in [-0.2, -0.15) is 0 Å². The first kappa shape index (κ1) is 9.79. The first-order valence-electron chi connectivity index (χ1n) is 4.34. The Kier molecular flexibility index (Phi) is 2.73. The summed E-state index contributed by atoms with van der Waals surface area (Å²) in [5.74, 6) is -0.821. The van der Waals surface area contributed by atoms with Gasteiger partial charge in [-0.3, -0.25) is 4.79 Å². The van der Waals surface area contributed by atoms with E-state index in [1.807, 2.05) is 17.5 Å². The number of rotatable bonds is 3. The molecule has 1 heterocycles. The Hall–Kier alpha value is -1.75. The maximum Gasteiger partial charge on any atom is 0.307 e. The summed E-state index contributed by atoms with van der Waals surface area (Å²) in [6.45, 7) is 0. The quantitative estimate of drug-likeness (QED) is 0.857. The third-order valence-corrected chi connectivity index (χ3v) is 2.47. The molecule has 0 spiro atoms. The second kappa shape index (κ2) is 4.18. The van der Waals surface area contributed by atoms with Crippen LogP contribution in [0, 0.1) is 0 Å². The van der Waals surface area contributed by atoms with Gasteiger partial charge in [0.25, 0.3) is 0 Å². The van der Waals surface area contributed by atoms with E-state index in [0.717, 1.165) is 16.8 Å². The van der Waals surface area contributed by atoms with Crippen LogP contribution in [0.4, 0.5) is 0 Å². The Morgan fingerprint density at radius 3 is 2.60 bits per heavy atom. The SMILES string of the molecule is O=C(O)Cc1ccc(-c2csnn2)cc1. The highest BCUT2D eigenvalue weighted by atomic mass is 32.1. The van der Waals surface area contributed by atoms with Crippen molar-refractivity contribution in [1.82, 2.24) is 9.59 Å². The minimum Gasteiger partial charge on any atom is -0.481 e. The van der Waals surface area contributed by atoms with Crippen LogP contribution < -0.4 is 0 Å². The monoisotopic (exact) mass is 220 g/mol. The van der Waals surface area contributed by atoms with Crippen LogP contribution in [0.25, 0.3) is 11.3 Å². The highest BCUT2D eigenvalue weighted by Gasteiger charge is 2.03. The molecule has 0 fully saturated rings. The van der Waals surface area contributed by atoms with Crippen molar-refractivity contribution in [3.8, 4) is 11.3 Å². The summed E-state index contributed by atoms with van der Waals surface area (Å²) in [5, 5.41) is 14.4. The summed E-state index contributed by atoms with van der Waals surface area (Å²) < 4.78 is 3.77. The van der Waals surface area contributed by atoms with Crippen molar-refractivity contribution >= 4 is 17.5 Å². The van der Waals surface area contributed by atoms with Gasteiger partial charge in [0.1, 0.15) is 5.69 Å². The maximum absolute atomic E-state index is 10.5. The fourth-order valence-corrected chi connectivity index (χ4v) is 1.72. The van der Waals surface area contributed by atoms with Crippen molar-refractivity contribution in [1.29, 1.82) is 0 Å². The van der Waals surface area contributed by atoms with Crippen molar-refractivity contribution < 1.29 is 9.90 Å². The smallest absolute Gasteiger partial charge is 0.307 e. The predicted octanol–water partition coefficient (Wildman–Crippen LogP) is 1.83. The van der Waals surface area contributed by atoms with Crippen molar-refractivity contribution in [3.63, 3.8) is 0 Å². The van der Waals surface area contributed by atoms with Crippen LogP contribution in [-0.2, 0) is 11.2 Å². The van der Waals surface area contributed by atoms with E-state index in [-0.39, 0.29) is 6.42 Å². The lowest BCUT2D eigenvalue weighted by Crippen LogP contribution is -1.99. The Morgan fingerprint density at radius 2 is 2.07 bits per heavy atom. The van der Waals surface area contributed by atoms with Gasteiger partial charge >= 0.3 is 5.97 Å². The number of aliphatic carboxylic acids is 1. The third-order valence-electron chi connectivity index (χ3n) is 1.97. The van der Waals surface area contributed by atoms with E-state index < -0.39 is 5.97 Å². The Labute approximate surface area is 90.4 Å². The average molecular weight is 220 g/mol. The van der Waals surface area contributed by atoms with E-state index in [0.29, 0.717) is 0 Å². The largest absolute Gasteiger partial charge is 0.481 e. The molecule has 15 heavy (non-hydrogen) atoms. The van der Waals surface area contributed by atoms with E-state index in [4.69, 9.17) is 5.11 Å². The molecule has 0 aliphatic heterocycles. The molecular weight excluding hydrogens is 212 g/mol. The molecule has 0 bridgehead atoms. The van der Waals surface area contributed by atoms with E-state index in [1.54, 1.807) is 12.1 Å². The second-order valence-electron chi connectivity index (χ2n) is 3.06. The van der Waals surface area contributed by atoms with E-state index in [2.05, 4.69) is 9.59 Å². The molecule has 1 N–H and O–H groups in total. The van der Waals surface area contributed by atoms with Crippen LogP contribution in [0.3, 0.4) is 0 Å². The molecular formula is C10H8N2O2S. The van der Waals surface area contributed by atoms with Gasteiger partial charge in [-0.05, 0) is 17.1 Å². The van der Waals surface area contributed by atoms with Crippen molar-refractivity contribution in [2.75, 3.05) is 0 Å². The number of carboxylic acids is 1. The summed E-state index contributed by atoms with van der Waals surface area (Å²) in [5.41, 5.74) is 2.56. The molecule has 0 aliphatic rings. The number of benzene rings is 1. The fraction of sp³-hybridized carbons (Fsp3) is 0.100. The third kappa shape index (κ3) is 2.38. The molecule has 1 aromatic carbocycles. The number of aromatic nitrogens is 2. The number of hydrogen-bond acceptors (Lipinski definition) is 4. The van der Waals surface area contributed by atoms with Crippen LogP contribution in [0.15, 0.2) is 29.6 Å². The van der Waals surface area contributed by atoms with Gasteiger partial charge in [-0.15, -0.1) is 5.10 Å². The van der Waals surface area contributed by atoms with Gasteiger partial charge in [0.15, 0.2) is 0 Å². The minimum absolute atomic E-state index is 0.0512. The number of carboxylic acid groups (broad SMARTS) is 1. The number of carbonyl (C=O) groups is 1. The molecule has 0 amide bonds.